The highest BCUT2D eigenvalue weighted by Crippen LogP contribution is 2.31. The van der Waals surface area contributed by atoms with Gasteiger partial charge in [-0.3, -0.25) is 4.79 Å². The normalized spacial score (nSPS) is 15.1. The number of benzene rings is 2. The number of aliphatic hydroxyl groups is 1. The van der Waals surface area contributed by atoms with E-state index in [1.54, 1.807) is 24.4 Å². The Morgan fingerprint density at radius 1 is 1.09 bits per heavy atom. The fourth-order valence-electron chi connectivity index (χ4n) is 4.18. The summed E-state index contributed by atoms with van der Waals surface area (Å²) >= 11 is 12.4. The first-order valence-electron chi connectivity index (χ1n) is 11.1. The van der Waals surface area contributed by atoms with Crippen LogP contribution in [-0.2, 0) is 6.54 Å². The number of anilines is 2. The number of aromatic nitrogens is 2. The summed E-state index contributed by atoms with van der Waals surface area (Å²) in [5.74, 6) is 0.262. The van der Waals surface area contributed by atoms with E-state index in [1.165, 1.54) is 6.42 Å². The number of rotatable bonds is 7. The summed E-state index contributed by atoms with van der Waals surface area (Å²) in [5.41, 5.74) is 2.07. The zero-order valence-corrected chi connectivity index (χ0v) is 19.6. The van der Waals surface area contributed by atoms with Crippen LogP contribution in [0.4, 0.5) is 11.5 Å². The number of halogens is 2. The van der Waals surface area contributed by atoms with Gasteiger partial charge in [0.15, 0.2) is 0 Å². The lowest BCUT2D eigenvalue weighted by atomic mass is 9.88. The van der Waals surface area contributed by atoms with E-state index in [-0.39, 0.29) is 11.2 Å². The molecule has 6 nitrogen and oxygen atoms in total. The van der Waals surface area contributed by atoms with E-state index in [9.17, 15) is 9.90 Å². The van der Waals surface area contributed by atoms with Crippen LogP contribution in [0.3, 0.4) is 0 Å². The standard InChI is InChI=1S/C25H26Cl2N4O2/c26-21-12-11-19(15-20(21)24(33)30-23(32)18-9-5-2-6-10-18)31(16-17-7-3-1-4-8-17)22-13-14-28-25(27)29-22/h1,3-4,7-8,11-15,18,23,32H,2,5-6,9-10,16H2,(H,30,33). The van der Waals surface area contributed by atoms with E-state index in [0.717, 1.165) is 36.9 Å². The molecular formula is C25H26Cl2N4O2. The van der Waals surface area contributed by atoms with Gasteiger partial charge in [-0.1, -0.05) is 61.2 Å². The molecule has 0 spiro atoms. The molecule has 33 heavy (non-hydrogen) atoms. The molecule has 1 aromatic heterocycles. The Labute approximate surface area is 203 Å². The lowest BCUT2D eigenvalue weighted by Crippen LogP contribution is -2.41. The number of carbonyl (C=O) groups is 1. The lowest BCUT2D eigenvalue weighted by molar-refractivity contribution is 0.0463. The van der Waals surface area contributed by atoms with Crippen LogP contribution < -0.4 is 10.2 Å². The number of hydrogen-bond donors (Lipinski definition) is 2. The van der Waals surface area contributed by atoms with Crippen molar-refractivity contribution < 1.29 is 9.90 Å². The summed E-state index contributed by atoms with van der Waals surface area (Å²) in [6.07, 6.45) is 5.84. The van der Waals surface area contributed by atoms with Crippen LogP contribution in [0.15, 0.2) is 60.8 Å². The van der Waals surface area contributed by atoms with Gasteiger partial charge in [0.25, 0.3) is 5.91 Å². The van der Waals surface area contributed by atoms with Crippen molar-refractivity contribution in [1.29, 1.82) is 0 Å². The molecule has 1 amide bonds. The van der Waals surface area contributed by atoms with Crippen LogP contribution >= 0.6 is 23.2 Å². The second-order valence-corrected chi connectivity index (χ2v) is 8.98. The van der Waals surface area contributed by atoms with E-state index in [0.29, 0.717) is 22.9 Å². The van der Waals surface area contributed by atoms with Gasteiger partial charge >= 0.3 is 0 Å². The molecule has 3 aromatic rings. The fraction of sp³-hybridized carbons (Fsp3) is 0.320. The van der Waals surface area contributed by atoms with Crippen LogP contribution in [0.1, 0.15) is 48.0 Å². The van der Waals surface area contributed by atoms with E-state index < -0.39 is 12.1 Å². The second-order valence-electron chi connectivity index (χ2n) is 8.24. The van der Waals surface area contributed by atoms with Gasteiger partial charge in [0.2, 0.25) is 5.28 Å². The maximum absolute atomic E-state index is 13.0. The van der Waals surface area contributed by atoms with Crippen molar-refractivity contribution in [2.75, 3.05) is 4.90 Å². The van der Waals surface area contributed by atoms with E-state index in [2.05, 4.69) is 15.3 Å². The highest BCUT2D eigenvalue weighted by atomic mass is 35.5. The Bertz CT molecular complexity index is 1090. The molecule has 0 bridgehead atoms. The maximum Gasteiger partial charge on any atom is 0.254 e. The lowest BCUT2D eigenvalue weighted by Gasteiger charge is -2.27. The van der Waals surface area contributed by atoms with Crippen molar-refractivity contribution >= 4 is 40.6 Å². The summed E-state index contributed by atoms with van der Waals surface area (Å²) < 4.78 is 0. The highest BCUT2D eigenvalue weighted by Gasteiger charge is 2.25. The predicted octanol–water partition coefficient (Wildman–Crippen LogP) is 5.75. The van der Waals surface area contributed by atoms with E-state index >= 15 is 0 Å². The first-order valence-corrected chi connectivity index (χ1v) is 11.9. The molecule has 1 heterocycles. The van der Waals surface area contributed by atoms with E-state index in [4.69, 9.17) is 23.2 Å². The molecule has 1 fully saturated rings. The molecule has 0 aliphatic heterocycles. The fourth-order valence-corrected chi connectivity index (χ4v) is 4.53. The Morgan fingerprint density at radius 2 is 1.85 bits per heavy atom. The molecule has 2 aromatic carbocycles. The van der Waals surface area contributed by atoms with Crippen molar-refractivity contribution in [2.24, 2.45) is 5.92 Å². The van der Waals surface area contributed by atoms with Crippen molar-refractivity contribution in [3.8, 4) is 0 Å². The largest absolute Gasteiger partial charge is 0.373 e. The molecule has 1 saturated carbocycles. The average Bonchev–Trinajstić information content (AvgIpc) is 2.84. The van der Waals surface area contributed by atoms with E-state index in [1.807, 2.05) is 41.3 Å². The number of aliphatic hydroxyl groups excluding tert-OH is 1. The molecule has 1 aliphatic rings. The third-order valence-electron chi connectivity index (χ3n) is 5.95. The van der Waals surface area contributed by atoms with Gasteiger partial charge in [-0.25, -0.2) is 9.97 Å². The summed E-state index contributed by atoms with van der Waals surface area (Å²) in [6, 6.07) is 16.9. The number of nitrogens with one attached hydrogen (secondary N) is 1. The summed E-state index contributed by atoms with van der Waals surface area (Å²) in [5, 5.41) is 13.7. The van der Waals surface area contributed by atoms with Crippen molar-refractivity contribution in [3.05, 3.63) is 82.2 Å². The minimum Gasteiger partial charge on any atom is -0.373 e. The number of amides is 1. The van der Waals surface area contributed by atoms with Crippen LogP contribution in [0.5, 0.6) is 0 Å². The Hall–Kier alpha value is -2.67. The Kier molecular flexibility index (Phi) is 7.81. The maximum atomic E-state index is 13.0. The summed E-state index contributed by atoms with van der Waals surface area (Å²) in [6.45, 7) is 0.502. The molecule has 0 saturated heterocycles. The summed E-state index contributed by atoms with van der Waals surface area (Å²) in [7, 11) is 0. The van der Waals surface area contributed by atoms with Gasteiger partial charge in [0.1, 0.15) is 12.0 Å². The Morgan fingerprint density at radius 3 is 2.58 bits per heavy atom. The number of nitrogens with zero attached hydrogens (tertiary/aromatic N) is 3. The van der Waals surface area contributed by atoms with Crippen LogP contribution in [-0.4, -0.2) is 27.2 Å². The predicted molar refractivity (Wildman–Crippen MR) is 131 cm³/mol. The zero-order valence-electron chi connectivity index (χ0n) is 18.1. The van der Waals surface area contributed by atoms with Gasteiger partial charge in [-0.05, 0) is 54.3 Å². The third-order valence-corrected chi connectivity index (χ3v) is 6.46. The number of hydrogen-bond acceptors (Lipinski definition) is 5. The smallest absolute Gasteiger partial charge is 0.254 e. The van der Waals surface area contributed by atoms with Gasteiger partial charge in [0.05, 0.1) is 10.6 Å². The molecule has 8 heteroatoms. The van der Waals surface area contributed by atoms with Crippen LogP contribution in [0.2, 0.25) is 10.3 Å². The molecular weight excluding hydrogens is 459 g/mol. The molecule has 1 unspecified atom stereocenters. The van der Waals surface area contributed by atoms with Gasteiger partial charge in [-0.2, -0.15) is 0 Å². The molecule has 2 N–H and O–H groups in total. The van der Waals surface area contributed by atoms with Gasteiger partial charge < -0.3 is 15.3 Å². The molecule has 1 aliphatic carbocycles. The second kappa shape index (κ2) is 11.0. The third kappa shape index (κ3) is 6.02. The first-order chi connectivity index (χ1) is 16.0. The minimum atomic E-state index is -0.890. The summed E-state index contributed by atoms with van der Waals surface area (Å²) in [4.78, 5) is 23.3. The monoisotopic (exact) mass is 484 g/mol. The van der Waals surface area contributed by atoms with Crippen molar-refractivity contribution in [3.63, 3.8) is 0 Å². The van der Waals surface area contributed by atoms with Crippen LogP contribution in [0.25, 0.3) is 0 Å². The first kappa shape index (κ1) is 23.5. The Balaban J connectivity index is 1.62. The van der Waals surface area contributed by atoms with Crippen molar-refractivity contribution in [2.45, 2.75) is 44.9 Å². The van der Waals surface area contributed by atoms with Crippen LogP contribution in [0, 0.1) is 5.92 Å². The van der Waals surface area contributed by atoms with Crippen molar-refractivity contribution in [1.82, 2.24) is 15.3 Å². The SMILES string of the molecule is O=C(NC(O)C1CCCCC1)c1cc(N(Cc2ccccc2)c2ccnc(Cl)n2)ccc1Cl. The number of carbonyl (C=O) groups excluding carboxylic acids is 1. The topological polar surface area (TPSA) is 78.4 Å². The zero-order chi connectivity index (χ0) is 23.2. The molecule has 172 valence electrons. The van der Waals surface area contributed by atoms with Gasteiger partial charge in [-0.15, -0.1) is 0 Å². The molecule has 0 radical (unpaired) electrons. The average molecular weight is 485 g/mol. The molecule has 1 atom stereocenters. The molecule has 4 rings (SSSR count). The van der Waals surface area contributed by atoms with Gasteiger partial charge in [0, 0.05) is 24.3 Å². The quantitative estimate of drug-likeness (QED) is 0.329. The highest BCUT2D eigenvalue weighted by molar-refractivity contribution is 6.34. The minimum absolute atomic E-state index is 0.0717.